The summed E-state index contributed by atoms with van der Waals surface area (Å²) in [5.41, 5.74) is 2.90. The number of rotatable bonds is 8. The fourth-order valence-electron chi connectivity index (χ4n) is 6.35. The number of nitrogens with zero attached hydrogens (tertiary/aromatic N) is 1. The van der Waals surface area contributed by atoms with Gasteiger partial charge in [-0.3, -0.25) is 9.59 Å². The van der Waals surface area contributed by atoms with Gasteiger partial charge in [0.15, 0.2) is 0 Å². The van der Waals surface area contributed by atoms with Gasteiger partial charge < -0.3 is 30.6 Å². The topological polar surface area (TPSA) is 187 Å². The van der Waals surface area contributed by atoms with E-state index in [2.05, 4.69) is 41.4 Å². The number of anilines is 1. The summed E-state index contributed by atoms with van der Waals surface area (Å²) in [7, 11) is 0. The molecule has 12 nitrogen and oxygen atoms in total. The predicted molar refractivity (Wildman–Crippen MR) is 171 cm³/mol. The molecule has 244 valence electrons. The Balaban J connectivity index is 1.69. The summed E-state index contributed by atoms with van der Waals surface area (Å²) >= 11 is 0. The molecule has 2 atom stereocenters. The van der Waals surface area contributed by atoms with Gasteiger partial charge in [-0.05, 0) is 97.9 Å². The summed E-state index contributed by atoms with van der Waals surface area (Å²) in [5, 5.41) is 24.3. The van der Waals surface area contributed by atoms with Crippen molar-refractivity contribution in [3.8, 4) is 0 Å². The van der Waals surface area contributed by atoms with Crippen LogP contribution in [0.1, 0.15) is 90.6 Å². The Hall–Kier alpha value is -5.00. The monoisotopic (exact) mass is 632 g/mol. The van der Waals surface area contributed by atoms with E-state index in [9.17, 15) is 34.2 Å². The summed E-state index contributed by atoms with van der Waals surface area (Å²) in [6.45, 7) is 13.1. The molecule has 2 unspecified atom stereocenters. The molecule has 4 rings (SSSR count). The lowest BCUT2D eigenvalue weighted by molar-refractivity contribution is -0.152. The molecule has 0 bridgehead atoms. The molecule has 2 heterocycles. The van der Waals surface area contributed by atoms with Gasteiger partial charge in [0.25, 0.3) is 0 Å². The molecule has 1 aromatic heterocycles. The molecule has 5 N–H and O–H groups in total. The van der Waals surface area contributed by atoms with E-state index in [1.54, 1.807) is 13.0 Å². The molecule has 1 aliphatic heterocycles. The van der Waals surface area contributed by atoms with Gasteiger partial charge in [0.1, 0.15) is 23.3 Å². The Morgan fingerprint density at radius 1 is 0.935 bits per heavy atom. The minimum absolute atomic E-state index is 0.0286. The van der Waals surface area contributed by atoms with E-state index in [4.69, 9.17) is 4.74 Å². The lowest BCUT2D eigenvalue weighted by atomic mass is 9.75. The van der Waals surface area contributed by atoms with E-state index in [0.29, 0.717) is 28.7 Å². The third kappa shape index (κ3) is 7.44. The van der Waals surface area contributed by atoms with Crippen LogP contribution in [0.5, 0.6) is 0 Å². The molecule has 1 aliphatic carbocycles. The maximum Gasteiger partial charge on any atom is 0.342 e. The second-order valence-corrected chi connectivity index (χ2v) is 12.5. The van der Waals surface area contributed by atoms with Gasteiger partial charge in [0.05, 0.1) is 23.2 Å². The highest BCUT2D eigenvalue weighted by atomic mass is 16.5. The van der Waals surface area contributed by atoms with Crippen molar-refractivity contribution in [2.24, 2.45) is 22.7 Å². The number of carboxylic acid groups (broad SMARTS) is 2. The number of aromatic amines is 1. The van der Waals surface area contributed by atoms with Crippen LogP contribution in [0.25, 0.3) is 6.08 Å². The van der Waals surface area contributed by atoms with Crippen LogP contribution in [-0.2, 0) is 25.5 Å². The first-order chi connectivity index (χ1) is 21.5. The van der Waals surface area contributed by atoms with Crippen molar-refractivity contribution in [1.82, 2.24) is 10.3 Å². The molecule has 2 aliphatic rings. The van der Waals surface area contributed by atoms with Gasteiger partial charge in [0, 0.05) is 12.6 Å². The first kappa shape index (κ1) is 33.9. The van der Waals surface area contributed by atoms with Crippen LogP contribution in [0.2, 0.25) is 0 Å². The standard InChI is InChI=1S/C34H40N4O8/c1-15-8-16(2)29(17(3)9-15)46-34(45)28-20(6)26(14-25-18(4)19(5)30(36-25)35-21(7)39)37-31(28)38-27(40)12-22-10-23(32(41)42)13-24(11-22)33(43)44/h10-11,13-17,29,36H,8-9,12H2,1-7H3,(H,35,39)(H,41,42)(H,43,44)(H,37,38,40)/b26-14-. The van der Waals surface area contributed by atoms with E-state index < -0.39 is 23.8 Å². The number of esters is 1. The number of hydrogen-bond donors (Lipinski definition) is 5. The average Bonchev–Trinajstić information content (AvgIpc) is 3.39. The average molecular weight is 633 g/mol. The first-order valence-corrected chi connectivity index (χ1v) is 15.2. The third-order valence-electron chi connectivity index (χ3n) is 8.64. The van der Waals surface area contributed by atoms with Gasteiger partial charge in [-0.15, -0.1) is 0 Å². The molecule has 2 amide bonds. The lowest BCUT2D eigenvalue weighted by Gasteiger charge is -2.37. The largest absolute Gasteiger partial charge is 0.478 e. The first-order valence-electron chi connectivity index (χ1n) is 15.2. The Bertz CT molecular complexity index is 1670. The summed E-state index contributed by atoms with van der Waals surface area (Å²) in [5.74, 6) is -2.88. The summed E-state index contributed by atoms with van der Waals surface area (Å²) in [6.07, 6.45) is 2.86. The highest BCUT2D eigenvalue weighted by Gasteiger charge is 2.37. The molecule has 0 saturated heterocycles. The molecule has 12 heteroatoms. The van der Waals surface area contributed by atoms with Crippen molar-refractivity contribution in [2.45, 2.75) is 73.8 Å². The van der Waals surface area contributed by atoms with E-state index in [1.165, 1.54) is 19.1 Å². The van der Waals surface area contributed by atoms with Crippen molar-refractivity contribution in [3.63, 3.8) is 0 Å². The molecule has 0 radical (unpaired) electrons. The Kier molecular flexibility index (Phi) is 9.98. The second kappa shape index (κ2) is 13.6. The molecule has 1 fully saturated rings. The zero-order valence-electron chi connectivity index (χ0n) is 27.0. The number of aliphatic imine (C=N–C) groups is 1. The fraction of sp³-hybridized carbons (Fsp3) is 0.412. The molecule has 46 heavy (non-hydrogen) atoms. The smallest absolute Gasteiger partial charge is 0.342 e. The summed E-state index contributed by atoms with van der Waals surface area (Å²) in [4.78, 5) is 69.7. The van der Waals surface area contributed by atoms with E-state index in [1.807, 2.05) is 13.8 Å². The van der Waals surface area contributed by atoms with Gasteiger partial charge >= 0.3 is 17.9 Å². The van der Waals surface area contributed by atoms with Crippen LogP contribution < -0.4 is 10.6 Å². The molecular weight excluding hydrogens is 592 g/mol. The zero-order chi connectivity index (χ0) is 34.0. The number of carbonyl (C=O) groups is 5. The number of H-pyrrole nitrogens is 1. The predicted octanol–water partition coefficient (Wildman–Crippen LogP) is 5.03. The quantitative estimate of drug-likeness (QED) is 0.251. The summed E-state index contributed by atoms with van der Waals surface area (Å²) < 4.78 is 6.08. The molecular formula is C34H40N4O8. The van der Waals surface area contributed by atoms with Crippen LogP contribution in [0.15, 0.2) is 40.0 Å². The van der Waals surface area contributed by atoms with Gasteiger partial charge in [-0.1, -0.05) is 20.8 Å². The van der Waals surface area contributed by atoms with Crippen molar-refractivity contribution >= 4 is 47.5 Å². The highest BCUT2D eigenvalue weighted by molar-refractivity contribution is 6.25. The number of carboxylic acids is 2. The normalized spacial score (nSPS) is 22.0. The van der Waals surface area contributed by atoms with Crippen LogP contribution in [-0.4, -0.2) is 56.9 Å². The Morgan fingerprint density at radius 2 is 1.52 bits per heavy atom. The maximum atomic E-state index is 13.8. The van der Waals surface area contributed by atoms with E-state index in [-0.39, 0.29) is 58.4 Å². The highest BCUT2D eigenvalue weighted by Crippen LogP contribution is 2.37. The Labute approximate surface area is 267 Å². The number of aromatic carboxylic acids is 2. The minimum Gasteiger partial charge on any atom is -0.478 e. The fourth-order valence-corrected chi connectivity index (χ4v) is 6.35. The number of amides is 2. The molecule has 0 spiro atoms. The van der Waals surface area contributed by atoms with E-state index in [0.717, 1.165) is 30.0 Å². The SMILES string of the molecule is CC(=O)Nc1[nH]c(/C=C2\N=C(NC(=O)Cc3cc(C(=O)O)cc(C(=O)O)c3)C(C(=O)OC3C(C)CC(C)CC3C)=C2C)c(C)c1C. The zero-order valence-corrected chi connectivity index (χ0v) is 27.0. The van der Waals surface area contributed by atoms with Crippen LogP contribution in [0.3, 0.4) is 0 Å². The van der Waals surface area contributed by atoms with Crippen LogP contribution in [0, 0.1) is 31.6 Å². The van der Waals surface area contributed by atoms with Crippen molar-refractivity contribution in [2.75, 3.05) is 5.32 Å². The number of hydrogen-bond acceptors (Lipinski definition) is 7. The number of aromatic nitrogens is 1. The number of benzene rings is 1. The third-order valence-corrected chi connectivity index (χ3v) is 8.64. The van der Waals surface area contributed by atoms with Gasteiger partial charge in [-0.25, -0.2) is 19.4 Å². The number of ether oxygens (including phenoxy) is 1. The van der Waals surface area contributed by atoms with Crippen LogP contribution in [0.4, 0.5) is 5.82 Å². The lowest BCUT2D eigenvalue weighted by Crippen LogP contribution is -2.40. The molecule has 2 aromatic rings. The number of nitrogens with one attached hydrogen (secondary N) is 3. The summed E-state index contributed by atoms with van der Waals surface area (Å²) in [6, 6.07) is 3.46. The van der Waals surface area contributed by atoms with E-state index >= 15 is 0 Å². The molecule has 1 aromatic carbocycles. The Morgan fingerprint density at radius 3 is 2.07 bits per heavy atom. The van der Waals surface area contributed by atoms with Gasteiger partial charge in [0.2, 0.25) is 11.8 Å². The maximum absolute atomic E-state index is 13.8. The number of amidine groups is 1. The second-order valence-electron chi connectivity index (χ2n) is 12.5. The van der Waals surface area contributed by atoms with Crippen LogP contribution >= 0.6 is 0 Å². The minimum atomic E-state index is -1.33. The number of carbonyl (C=O) groups excluding carboxylic acids is 3. The number of allylic oxidation sites excluding steroid dienone is 1. The van der Waals surface area contributed by atoms with Crippen molar-refractivity contribution < 1.29 is 38.9 Å². The molecule has 1 saturated carbocycles. The van der Waals surface area contributed by atoms with Gasteiger partial charge in [-0.2, -0.15) is 0 Å². The van der Waals surface area contributed by atoms with Crippen molar-refractivity contribution in [3.05, 3.63) is 68.6 Å². The van der Waals surface area contributed by atoms with Crippen molar-refractivity contribution in [1.29, 1.82) is 0 Å².